The molecule has 0 fully saturated rings. The fourth-order valence-corrected chi connectivity index (χ4v) is 2.02. The molecule has 0 aliphatic carbocycles. The molecule has 0 aliphatic heterocycles. The number of hydrogen-bond donors (Lipinski definition) is 1. The summed E-state index contributed by atoms with van der Waals surface area (Å²) in [4.78, 5) is 11.7. The van der Waals surface area contributed by atoms with E-state index in [1.807, 2.05) is 24.3 Å². The van der Waals surface area contributed by atoms with E-state index in [1.54, 1.807) is 6.21 Å². The van der Waals surface area contributed by atoms with Crippen molar-refractivity contribution in [1.29, 1.82) is 0 Å². The maximum atomic E-state index is 11.7. The van der Waals surface area contributed by atoms with Crippen molar-refractivity contribution < 1.29 is 4.74 Å². The Kier molecular flexibility index (Phi) is 6.02. The first kappa shape index (κ1) is 16.1. The average Bonchev–Trinajstić information content (AvgIpc) is 2.52. The summed E-state index contributed by atoms with van der Waals surface area (Å²) in [5, 5.41) is 10.2. The molecule has 6 nitrogen and oxygen atoms in total. The number of H-pyrrole nitrogens is 1. The van der Waals surface area contributed by atoms with E-state index >= 15 is 0 Å². The molecule has 2 rings (SSSR count). The summed E-state index contributed by atoms with van der Waals surface area (Å²) in [5.41, 5.74) is 0.401. The average molecular weight is 318 g/mol. The first-order valence-corrected chi connectivity index (χ1v) is 7.56. The highest BCUT2D eigenvalue weighted by Gasteiger charge is 2.01. The summed E-state index contributed by atoms with van der Waals surface area (Å²) in [6, 6.07) is 7.54. The number of unbranched alkanes of at least 4 members (excludes halogenated alkanes) is 2. The van der Waals surface area contributed by atoms with Crippen LogP contribution in [-0.4, -0.2) is 27.7 Å². The van der Waals surface area contributed by atoms with Crippen LogP contribution in [0.2, 0.25) is 0 Å². The number of rotatable bonds is 7. The Morgan fingerprint density at radius 3 is 3.00 bits per heavy atom. The van der Waals surface area contributed by atoms with E-state index in [2.05, 4.69) is 22.2 Å². The molecule has 0 spiro atoms. The Morgan fingerprint density at radius 1 is 1.41 bits per heavy atom. The summed E-state index contributed by atoms with van der Waals surface area (Å²) in [6.45, 7) is 2.81. The molecule has 1 N–H and O–H groups in total. The zero-order chi connectivity index (χ0) is 15.8. The van der Waals surface area contributed by atoms with Crippen LogP contribution in [0.25, 0.3) is 0 Å². The number of hydrogen-bond acceptors (Lipinski definition) is 5. The summed E-state index contributed by atoms with van der Waals surface area (Å²) < 4.78 is 6.99. The predicted molar refractivity (Wildman–Crippen MR) is 88.1 cm³/mol. The van der Waals surface area contributed by atoms with Crippen LogP contribution < -0.4 is 10.3 Å². The highest BCUT2D eigenvalue weighted by atomic mass is 32.1. The van der Waals surface area contributed by atoms with E-state index in [0.717, 1.165) is 41.4 Å². The van der Waals surface area contributed by atoms with Crippen molar-refractivity contribution in [2.75, 3.05) is 6.61 Å². The van der Waals surface area contributed by atoms with Crippen molar-refractivity contribution in [3.63, 3.8) is 0 Å². The van der Waals surface area contributed by atoms with E-state index in [0.29, 0.717) is 6.61 Å². The minimum absolute atomic E-state index is 0.144. The Bertz CT molecular complexity index is 723. The molecule has 22 heavy (non-hydrogen) atoms. The lowest BCUT2D eigenvalue weighted by molar-refractivity contribution is 0.306. The number of nitrogens with one attached hydrogen (secondary N) is 1. The number of ether oxygens (including phenoxy) is 1. The maximum absolute atomic E-state index is 11.7. The molecule has 0 saturated carbocycles. The molecule has 1 heterocycles. The number of nitrogens with zero attached hydrogens (tertiary/aromatic N) is 3. The summed E-state index contributed by atoms with van der Waals surface area (Å²) >= 11 is 4.99. The molecule has 116 valence electrons. The first-order valence-electron chi connectivity index (χ1n) is 7.15. The van der Waals surface area contributed by atoms with Crippen molar-refractivity contribution >= 4 is 18.4 Å². The molecule has 0 saturated heterocycles. The molecular formula is C15H18N4O2S. The predicted octanol–water partition coefficient (Wildman–Crippen LogP) is 2.75. The van der Waals surface area contributed by atoms with Gasteiger partial charge >= 0.3 is 0 Å². The van der Waals surface area contributed by atoms with Crippen molar-refractivity contribution in [2.24, 2.45) is 5.10 Å². The molecular weight excluding hydrogens is 300 g/mol. The summed E-state index contributed by atoms with van der Waals surface area (Å²) in [7, 11) is 0. The Hall–Kier alpha value is -2.28. The standard InChI is InChI=1S/C15H18N4O2S/c1-2-3-6-9-21-13-8-5-4-7-12(13)10-17-19-14(20)11-16-18-15(19)22/h4-5,7-8,10-11H,2-3,6,9H2,1H3,(H,18,22)/b17-10+. The third-order valence-electron chi connectivity index (χ3n) is 2.97. The minimum Gasteiger partial charge on any atom is -0.493 e. The summed E-state index contributed by atoms with van der Waals surface area (Å²) in [5.74, 6) is 0.736. The smallest absolute Gasteiger partial charge is 0.293 e. The number of benzene rings is 1. The van der Waals surface area contributed by atoms with Crippen LogP contribution in [0.1, 0.15) is 31.7 Å². The van der Waals surface area contributed by atoms with Crippen LogP contribution in [0.3, 0.4) is 0 Å². The second-order valence-electron chi connectivity index (χ2n) is 4.66. The van der Waals surface area contributed by atoms with Gasteiger partial charge in [-0.05, 0) is 30.8 Å². The molecule has 0 unspecified atom stereocenters. The van der Waals surface area contributed by atoms with Crippen molar-refractivity contribution in [2.45, 2.75) is 26.2 Å². The number of aromatic nitrogens is 3. The fraction of sp³-hybridized carbons (Fsp3) is 0.333. The lowest BCUT2D eigenvalue weighted by Crippen LogP contribution is -2.18. The first-order chi connectivity index (χ1) is 10.7. The zero-order valence-corrected chi connectivity index (χ0v) is 13.2. The van der Waals surface area contributed by atoms with Gasteiger partial charge in [0.1, 0.15) is 11.9 Å². The van der Waals surface area contributed by atoms with Gasteiger partial charge in [-0.3, -0.25) is 9.89 Å². The lowest BCUT2D eigenvalue weighted by Gasteiger charge is -2.08. The zero-order valence-electron chi connectivity index (χ0n) is 12.4. The molecule has 0 aliphatic rings. The maximum Gasteiger partial charge on any atom is 0.293 e. The van der Waals surface area contributed by atoms with Gasteiger partial charge in [0, 0.05) is 5.56 Å². The van der Waals surface area contributed by atoms with E-state index in [1.165, 1.54) is 0 Å². The Labute approximate surface area is 133 Å². The van der Waals surface area contributed by atoms with Crippen molar-refractivity contribution in [1.82, 2.24) is 14.9 Å². The van der Waals surface area contributed by atoms with Crippen LogP contribution in [0.5, 0.6) is 5.75 Å². The SMILES string of the molecule is CCCCCOc1ccccc1/C=N/n1c(=O)cn[nH]c1=S. The third-order valence-corrected chi connectivity index (χ3v) is 3.24. The van der Waals surface area contributed by atoms with Gasteiger partial charge in [-0.2, -0.15) is 14.9 Å². The van der Waals surface area contributed by atoms with Gasteiger partial charge in [0.25, 0.3) is 5.56 Å². The Morgan fingerprint density at radius 2 is 2.23 bits per heavy atom. The van der Waals surface area contributed by atoms with Gasteiger partial charge in [0.05, 0.1) is 12.8 Å². The largest absolute Gasteiger partial charge is 0.493 e. The fourth-order valence-electron chi connectivity index (χ4n) is 1.83. The number of aromatic amines is 1. The van der Waals surface area contributed by atoms with Crippen LogP contribution >= 0.6 is 12.2 Å². The van der Waals surface area contributed by atoms with Crippen LogP contribution in [0.15, 0.2) is 40.4 Å². The normalized spacial score (nSPS) is 11.0. The van der Waals surface area contributed by atoms with Crippen LogP contribution in [-0.2, 0) is 0 Å². The van der Waals surface area contributed by atoms with Crippen molar-refractivity contribution in [3.05, 3.63) is 51.2 Å². The second kappa shape index (κ2) is 8.23. The van der Waals surface area contributed by atoms with Gasteiger partial charge < -0.3 is 4.74 Å². The minimum atomic E-state index is -0.388. The lowest BCUT2D eigenvalue weighted by atomic mass is 10.2. The second-order valence-corrected chi connectivity index (χ2v) is 5.05. The highest BCUT2D eigenvalue weighted by molar-refractivity contribution is 7.71. The van der Waals surface area contributed by atoms with Crippen LogP contribution in [0, 0.1) is 4.77 Å². The van der Waals surface area contributed by atoms with Gasteiger partial charge in [-0.25, -0.2) is 0 Å². The summed E-state index contributed by atoms with van der Waals surface area (Å²) in [6.07, 6.45) is 5.98. The van der Waals surface area contributed by atoms with Gasteiger partial charge in [-0.15, -0.1) is 0 Å². The van der Waals surface area contributed by atoms with E-state index < -0.39 is 0 Å². The van der Waals surface area contributed by atoms with Crippen molar-refractivity contribution in [3.8, 4) is 5.75 Å². The molecule has 1 aromatic heterocycles. The molecule has 7 heteroatoms. The quantitative estimate of drug-likeness (QED) is 0.484. The topological polar surface area (TPSA) is 72.3 Å². The third kappa shape index (κ3) is 4.36. The molecule has 0 bridgehead atoms. The monoisotopic (exact) mass is 318 g/mol. The van der Waals surface area contributed by atoms with E-state index in [4.69, 9.17) is 17.0 Å². The molecule has 0 radical (unpaired) electrons. The number of para-hydroxylation sites is 1. The molecule has 2 aromatic rings. The van der Waals surface area contributed by atoms with Gasteiger partial charge in [0.15, 0.2) is 0 Å². The van der Waals surface area contributed by atoms with E-state index in [9.17, 15) is 4.79 Å². The Balaban J connectivity index is 2.17. The van der Waals surface area contributed by atoms with E-state index in [-0.39, 0.29) is 10.3 Å². The van der Waals surface area contributed by atoms with Crippen LogP contribution in [0.4, 0.5) is 0 Å². The molecule has 0 amide bonds. The highest BCUT2D eigenvalue weighted by Crippen LogP contribution is 2.16. The van der Waals surface area contributed by atoms with Gasteiger partial charge in [-0.1, -0.05) is 31.9 Å². The van der Waals surface area contributed by atoms with Gasteiger partial charge in [0.2, 0.25) is 4.77 Å². The molecule has 1 aromatic carbocycles. The molecule has 0 atom stereocenters.